The van der Waals surface area contributed by atoms with Gasteiger partial charge in [-0.3, -0.25) is 9.69 Å². The Morgan fingerprint density at radius 3 is 2.68 bits per heavy atom. The number of likely N-dealkylation sites (tertiary alicyclic amines) is 1. The molecule has 4 nitrogen and oxygen atoms in total. The summed E-state index contributed by atoms with van der Waals surface area (Å²) >= 11 is 5.74. The summed E-state index contributed by atoms with van der Waals surface area (Å²) < 4.78 is 0. The highest BCUT2D eigenvalue weighted by molar-refractivity contribution is 6.29. The fourth-order valence-electron chi connectivity index (χ4n) is 3.25. The van der Waals surface area contributed by atoms with Crippen LogP contribution in [0.4, 0.5) is 0 Å². The van der Waals surface area contributed by atoms with Gasteiger partial charge in [-0.2, -0.15) is 0 Å². The quantitative estimate of drug-likeness (QED) is 0.825. The van der Waals surface area contributed by atoms with Crippen LogP contribution in [-0.2, 0) is 13.1 Å². The number of nitrogens with one attached hydrogen (secondary N) is 1. The van der Waals surface area contributed by atoms with Crippen molar-refractivity contribution < 1.29 is 4.79 Å². The number of aromatic nitrogens is 1. The van der Waals surface area contributed by atoms with Gasteiger partial charge in [0.2, 0.25) is 0 Å². The van der Waals surface area contributed by atoms with Gasteiger partial charge >= 0.3 is 0 Å². The molecule has 0 spiro atoms. The number of amides is 1. The summed E-state index contributed by atoms with van der Waals surface area (Å²) in [6, 6.07) is 11.8. The van der Waals surface area contributed by atoms with Crippen LogP contribution in [0.1, 0.15) is 41.3 Å². The molecular formula is C20H24ClN3O. The molecule has 0 radical (unpaired) electrons. The third-order valence-electron chi connectivity index (χ3n) is 4.61. The second kappa shape index (κ2) is 8.45. The Kier molecular flexibility index (Phi) is 6.05. The molecule has 5 heteroatoms. The summed E-state index contributed by atoms with van der Waals surface area (Å²) in [5.74, 6) is 0.654. The van der Waals surface area contributed by atoms with E-state index in [0.29, 0.717) is 17.3 Å². The molecule has 132 valence electrons. The SMILES string of the molecule is CC1CCCN(Cc2ccc(CNC(=O)c3ccc(Cl)nc3)cc2)C1. The fourth-order valence-corrected chi connectivity index (χ4v) is 3.36. The van der Waals surface area contributed by atoms with Crippen molar-refractivity contribution in [3.05, 3.63) is 64.4 Å². The van der Waals surface area contributed by atoms with Gasteiger partial charge in [0.1, 0.15) is 5.15 Å². The summed E-state index contributed by atoms with van der Waals surface area (Å²) in [6.07, 6.45) is 4.13. The second-order valence-corrected chi connectivity index (χ2v) is 7.24. The number of carbonyl (C=O) groups excluding carboxylic acids is 1. The number of halogens is 1. The van der Waals surface area contributed by atoms with Crippen molar-refractivity contribution in [1.29, 1.82) is 0 Å². The number of pyridine rings is 1. The van der Waals surface area contributed by atoms with Gasteiger partial charge in [0, 0.05) is 25.8 Å². The largest absolute Gasteiger partial charge is 0.348 e. The maximum atomic E-state index is 12.1. The predicted molar refractivity (Wildman–Crippen MR) is 101 cm³/mol. The highest BCUT2D eigenvalue weighted by Crippen LogP contribution is 2.18. The van der Waals surface area contributed by atoms with Crippen LogP contribution in [0.2, 0.25) is 5.15 Å². The Bertz CT molecular complexity index is 700. The summed E-state index contributed by atoms with van der Waals surface area (Å²) in [4.78, 5) is 18.5. The van der Waals surface area contributed by atoms with Crippen LogP contribution in [0.25, 0.3) is 0 Å². The molecule has 0 bridgehead atoms. The Morgan fingerprint density at radius 1 is 1.24 bits per heavy atom. The predicted octanol–water partition coefficient (Wildman–Crippen LogP) is 3.90. The maximum Gasteiger partial charge on any atom is 0.253 e. The first kappa shape index (κ1) is 17.9. The molecule has 1 aliphatic rings. The summed E-state index contributed by atoms with van der Waals surface area (Å²) in [5.41, 5.74) is 2.93. The van der Waals surface area contributed by atoms with E-state index in [1.807, 2.05) is 0 Å². The van der Waals surface area contributed by atoms with Crippen molar-refractivity contribution in [1.82, 2.24) is 15.2 Å². The summed E-state index contributed by atoms with van der Waals surface area (Å²) in [5, 5.41) is 3.29. The van der Waals surface area contributed by atoms with Crippen LogP contribution >= 0.6 is 11.6 Å². The lowest BCUT2D eigenvalue weighted by Crippen LogP contribution is -2.33. The van der Waals surface area contributed by atoms with E-state index >= 15 is 0 Å². The Balaban J connectivity index is 1.50. The number of carbonyl (C=O) groups is 1. The Morgan fingerprint density at radius 2 is 2.00 bits per heavy atom. The number of piperidine rings is 1. The fraction of sp³-hybridized carbons (Fsp3) is 0.400. The van der Waals surface area contributed by atoms with E-state index in [1.165, 1.54) is 37.7 Å². The Hall–Kier alpha value is -1.91. The van der Waals surface area contributed by atoms with E-state index in [2.05, 4.69) is 46.4 Å². The molecule has 25 heavy (non-hydrogen) atoms. The third-order valence-corrected chi connectivity index (χ3v) is 4.84. The average Bonchev–Trinajstić information content (AvgIpc) is 2.61. The summed E-state index contributed by atoms with van der Waals surface area (Å²) in [6.45, 7) is 6.22. The standard InChI is InChI=1S/C20H24ClN3O/c1-15-3-2-10-24(13-15)14-17-6-4-16(5-7-17)11-23-20(25)18-8-9-19(21)22-12-18/h4-9,12,15H,2-3,10-11,13-14H2,1H3,(H,23,25). The minimum absolute atomic E-state index is 0.143. The topological polar surface area (TPSA) is 45.2 Å². The van der Waals surface area contributed by atoms with Crippen molar-refractivity contribution in [2.24, 2.45) is 5.92 Å². The molecule has 1 fully saturated rings. The Labute approximate surface area is 154 Å². The van der Waals surface area contributed by atoms with Crippen LogP contribution in [0.3, 0.4) is 0 Å². The number of hydrogen-bond acceptors (Lipinski definition) is 3. The molecule has 0 aliphatic carbocycles. The molecule has 1 amide bonds. The molecule has 1 aromatic heterocycles. The normalized spacial score (nSPS) is 18.1. The minimum atomic E-state index is -0.143. The van der Waals surface area contributed by atoms with Crippen LogP contribution in [-0.4, -0.2) is 28.9 Å². The average molecular weight is 358 g/mol. The molecule has 1 aliphatic heterocycles. The molecular weight excluding hydrogens is 334 g/mol. The first-order valence-corrected chi connectivity index (χ1v) is 9.18. The summed E-state index contributed by atoms with van der Waals surface area (Å²) in [7, 11) is 0. The number of rotatable bonds is 5. The maximum absolute atomic E-state index is 12.1. The molecule has 0 saturated carbocycles. The van der Waals surface area contributed by atoms with Crippen molar-refractivity contribution in [2.75, 3.05) is 13.1 Å². The van der Waals surface area contributed by atoms with Crippen molar-refractivity contribution in [2.45, 2.75) is 32.9 Å². The van der Waals surface area contributed by atoms with E-state index in [9.17, 15) is 4.79 Å². The number of hydrogen-bond donors (Lipinski definition) is 1. The molecule has 1 N–H and O–H groups in total. The van der Waals surface area contributed by atoms with Crippen LogP contribution < -0.4 is 5.32 Å². The number of benzene rings is 1. The van der Waals surface area contributed by atoms with Crippen molar-refractivity contribution >= 4 is 17.5 Å². The molecule has 2 heterocycles. The van der Waals surface area contributed by atoms with Gasteiger partial charge in [-0.1, -0.05) is 42.8 Å². The van der Waals surface area contributed by atoms with Gasteiger partial charge < -0.3 is 5.32 Å². The van der Waals surface area contributed by atoms with Gasteiger partial charge in [0.15, 0.2) is 0 Å². The van der Waals surface area contributed by atoms with E-state index in [-0.39, 0.29) is 5.91 Å². The lowest BCUT2D eigenvalue weighted by atomic mass is 9.99. The first-order valence-electron chi connectivity index (χ1n) is 8.80. The molecule has 1 aromatic carbocycles. The van der Waals surface area contributed by atoms with Crippen LogP contribution in [0.5, 0.6) is 0 Å². The molecule has 1 unspecified atom stereocenters. The van der Waals surface area contributed by atoms with Crippen molar-refractivity contribution in [3.63, 3.8) is 0 Å². The zero-order valence-corrected chi connectivity index (χ0v) is 15.3. The van der Waals surface area contributed by atoms with E-state index in [1.54, 1.807) is 12.1 Å². The lowest BCUT2D eigenvalue weighted by molar-refractivity contribution is 0.0950. The zero-order chi connectivity index (χ0) is 17.6. The van der Waals surface area contributed by atoms with Gasteiger partial charge in [-0.05, 0) is 48.6 Å². The van der Waals surface area contributed by atoms with Gasteiger partial charge in [-0.25, -0.2) is 4.98 Å². The van der Waals surface area contributed by atoms with Gasteiger partial charge in [0.05, 0.1) is 5.56 Å². The van der Waals surface area contributed by atoms with Gasteiger partial charge in [0.25, 0.3) is 5.91 Å². The first-order chi connectivity index (χ1) is 12.1. The monoisotopic (exact) mass is 357 g/mol. The zero-order valence-electron chi connectivity index (χ0n) is 14.5. The van der Waals surface area contributed by atoms with E-state index in [4.69, 9.17) is 11.6 Å². The molecule has 3 rings (SSSR count). The molecule has 1 atom stereocenters. The second-order valence-electron chi connectivity index (χ2n) is 6.85. The third kappa shape index (κ3) is 5.28. The lowest BCUT2D eigenvalue weighted by Gasteiger charge is -2.30. The molecule has 1 saturated heterocycles. The van der Waals surface area contributed by atoms with Crippen LogP contribution in [0, 0.1) is 5.92 Å². The number of nitrogens with zero attached hydrogens (tertiary/aromatic N) is 2. The van der Waals surface area contributed by atoms with E-state index < -0.39 is 0 Å². The highest BCUT2D eigenvalue weighted by atomic mass is 35.5. The molecule has 2 aromatic rings. The van der Waals surface area contributed by atoms with Gasteiger partial charge in [-0.15, -0.1) is 0 Å². The smallest absolute Gasteiger partial charge is 0.253 e. The van der Waals surface area contributed by atoms with Crippen molar-refractivity contribution in [3.8, 4) is 0 Å². The van der Waals surface area contributed by atoms with Crippen LogP contribution in [0.15, 0.2) is 42.6 Å². The van der Waals surface area contributed by atoms with E-state index in [0.717, 1.165) is 18.0 Å². The highest BCUT2D eigenvalue weighted by Gasteiger charge is 2.16. The minimum Gasteiger partial charge on any atom is -0.348 e.